The lowest BCUT2D eigenvalue weighted by Crippen LogP contribution is -2.13. The first-order valence-corrected chi connectivity index (χ1v) is 8.66. The minimum absolute atomic E-state index is 0.135. The molecule has 0 aliphatic heterocycles. The zero-order chi connectivity index (χ0) is 18.2. The van der Waals surface area contributed by atoms with Gasteiger partial charge in [-0.1, -0.05) is 42.1 Å². The van der Waals surface area contributed by atoms with E-state index in [4.69, 9.17) is 0 Å². The van der Waals surface area contributed by atoms with Crippen LogP contribution in [-0.2, 0) is 4.79 Å². The van der Waals surface area contributed by atoms with Crippen molar-refractivity contribution in [3.63, 3.8) is 0 Å². The largest absolute Gasteiger partial charge is 0.507 e. The predicted octanol–water partition coefficient (Wildman–Crippen LogP) is 2.69. The smallest absolute Gasteiger partial charge is 0.240 e. The summed E-state index contributed by atoms with van der Waals surface area (Å²) < 4.78 is 0. The lowest BCUT2D eigenvalue weighted by Gasteiger charge is -2.02. The fourth-order valence-corrected chi connectivity index (χ4v) is 2.57. The van der Waals surface area contributed by atoms with Gasteiger partial charge in [-0.25, -0.2) is 10.5 Å². The molecule has 8 nitrogen and oxygen atoms in total. The highest BCUT2D eigenvalue weighted by Crippen LogP contribution is 2.15. The molecule has 26 heavy (non-hydrogen) atoms. The summed E-state index contributed by atoms with van der Waals surface area (Å²) >= 11 is 1.20. The Morgan fingerprint density at radius 3 is 2.77 bits per heavy atom. The van der Waals surface area contributed by atoms with Gasteiger partial charge in [0.1, 0.15) is 5.75 Å². The molecule has 0 saturated heterocycles. The number of nitrogens with zero attached hydrogens (tertiary/aromatic N) is 3. The summed E-state index contributed by atoms with van der Waals surface area (Å²) in [7, 11) is 0. The molecular formula is C17H16N6O2S. The SMILES string of the molecule is O=C(CSc1n[nH]c(N/N=C/c2ccccc2O)n1)Nc1ccccc1. The van der Waals surface area contributed by atoms with Crippen molar-refractivity contribution in [1.82, 2.24) is 15.2 Å². The van der Waals surface area contributed by atoms with Crippen LogP contribution in [0.1, 0.15) is 5.56 Å². The average molecular weight is 368 g/mol. The maximum atomic E-state index is 11.9. The standard InChI is InChI=1S/C17H16N6O2S/c24-14-9-5-4-6-12(14)10-18-21-16-20-17(23-22-16)26-11-15(25)19-13-7-2-1-3-8-13/h1-10,24H,11H2,(H,19,25)(H2,20,21,22,23)/b18-10+. The zero-order valence-corrected chi connectivity index (χ0v) is 14.4. The number of hydrogen-bond acceptors (Lipinski definition) is 7. The van der Waals surface area contributed by atoms with E-state index < -0.39 is 0 Å². The number of anilines is 2. The van der Waals surface area contributed by atoms with E-state index in [0.717, 1.165) is 5.69 Å². The van der Waals surface area contributed by atoms with Crippen molar-refractivity contribution >= 4 is 35.5 Å². The van der Waals surface area contributed by atoms with Crippen LogP contribution in [-0.4, -0.2) is 38.2 Å². The number of hydrogen-bond donors (Lipinski definition) is 4. The van der Waals surface area contributed by atoms with Gasteiger partial charge in [0.2, 0.25) is 17.0 Å². The number of para-hydroxylation sites is 2. The van der Waals surface area contributed by atoms with Gasteiger partial charge in [0, 0.05) is 11.3 Å². The molecule has 3 aromatic rings. The van der Waals surface area contributed by atoms with E-state index in [1.165, 1.54) is 18.0 Å². The van der Waals surface area contributed by atoms with Gasteiger partial charge in [-0.05, 0) is 24.3 Å². The van der Waals surface area contributed by atoms with E-state index in [1.807, 2.05) is 30.3 Å². The molecule has 132 valence electrons. The van der Waals surface area contributed by atoms with Crippen LogP contribution in [0.25, 0.3) is 0 Å². The second-order valence-electron chi connectivity index (χ2n) is 5.10. The number of amides is 1. The quantitative estimate of drug-likeness (QED) is 0.289. The number of nitrogens with one attached hydrogen (secondary N) is 3. The highest BCUT2D eigenvalue weighted by molar-refractivity contribution is 7.99. The molecule has 1 aromatic heterocycles. The molecule has 0 saturated carbocycles. The Kier molecular flexibility index (Phi) is 5.84. The number of aromatic nitrogens is 3. The van der Waals surface area contributed by atoms with Gasteiger partial charge in [-0.2, -0.15) is 10.1 Å². The minimum atomic E-state index is -0.141. The normalized spacial score (nSPS) is 10.8. The highest BCUT2D eigenvalue weighted by Gasteiger charge is 2.07. The van der Waals surface area contributed by atoms with Crippen LogP contribution < -0.4 is 10.7 Å². The summed E-state index contributed by atoms with van der Waals surface area (Å²) in [6.45, 7) is 0. The molecule has 9 heteroatoms. The number of carbonyl (C=O) groups excluding carboxylic acids is 1. The Bertz CT molecular complexity index is 897. The van der Waals surface area contributed by atoms with Crippen molar-refractivity contribution in [1.29, 1.82) is 0 Å². The van der Waals surface area contributed by atoms with E-state index in [1.54, 1.807) is 24.3 Å². The van der Waals surface area contributed by atoms with E-state index in [0.29, 0.717) is 16.7 Å². The zero-order valence-electron chi connectivity index (χ0n) is 13.6. The number of aromatic hydroxyl groups is 1. The first kappa shape index (κ1) is 17.5. The number of phenols is 1. The third-order valence-electron chi connectivity index (χ3n) is 3.17. The summed E-state index contributed by atoms with van der Waals surface area (Å²) in [5.74, 6) is 0.518. The average Bonchev–Trinajstić information content (AvgIpc) is 3.10. The van der Waals surface area contributed by atoms with Crippen molar-refractivity contribution < 1.29 is 9.90 Å². The molecule has 0 spiro atoms. The van der Waals surface area contributed by atoms with Gasteiger partial charge in [0.15, 0.2) is 0 Å². The molecule has 2 aromatic carbocycles. The number of benzene rings is 2. The summed E-state index contributed by atoms with van der Waals surface area (Å²) in [6.07, 6.45) is 1.47. The van der Waals surface area contributed by atoms with Crippen LogP contribution in [0.3, 0.4) is 0 Å². The molecule has 3 rings (SSSR count). The van der Waals surface area contributed by atoms with E-state index >= 15 is 0 Å². The summed E-state index contributed by atoms with van der Waals surface area (Å²) in [6, 6.07) is 16.1. The molecule has 0 aliphatic carbocycles. The Morgan fingerprint density at radius 1 is 1.19 bits per heavy atom. The fourth-order valence-electron chi connectivity index (χ4n) is 1.97. The molecular weight excluding hydrogens is 352 g/mol. The third-order valence-corrected chi connectivity index (χ3v) is 4.01. The van der Waals surface area contributed by atoms with Gasteiger partial charge in [-0.3, -0.25) is 4.79 Å². The number of carbonyl (C=O) groups is 1. The lowest BCUT2D eigenvalue weighted by molar-refractivity contribution is -0.113. The highest BCUT2D eigenvalue weighted by atomic mass is 32.2. The van der Waals surface area contributed by atoms with Crippen LogP contribution in [0.4, 0.5) is 11.6 Å². The van der Waals surface area contributed by atoms with Gasteiger partial charge in [0.05, 0.1) is 12.0 Å². The Balaban J connectivity index is 1.47. The van der Waals surface area contributed by atoms with Crippen molar-refractivity contribution in [2.24, 2.45) is 5.10 Å². The topological polar surface area (TPSA) is 115 Å². The van der Waals surface area contributed by atoms with Crippen LogP contribution in [0.15, 0.2) is 64.9 Å². The van der Waals surface area contributed by atoms with Crippen LogP contribution in [0.2, 0.25) is 0 Å². The first-order valence-electron chi connectivity index (χ1n) is 7.68. The van der Waals surface area contributed by atoms with Gasteiger partial charge in [0.25, 0.3) is 0 Å². The monoisotopic (exact) mass is 368 g/mol. The number of aromatic amines is 1. The molecule has 0 aliphatic rings. The third kappa shape index (κ3) is 5.08. The van der Waals surface area contributed by atoms with Gasteiger partial charge in [-0.15, -0.1) is 5.10 Å². The fraction of sp³-hybridized carbons (Fsp3) is 0.0588. The molecule has 0 bridgehead atoms. The Labute approximate surface area is 153 Å². The van der Waals surface area contributed by atoms with E-state index in [-0.39, 0.29) is 17.4 Å². The minimum Gasteiger partial charge on any atom is -0.507 e. The van der Waals surface area contributed by atoms with Crippen LogP contribution >= 0.6 is 11.8 Å². The second-order valence-corrected chi connectivity index (χ2v) is 6.04. The van der Waals surface area contributed by atoms with Gasteiger partial charge >= 0.3 is 0 Å². The molecule has 1 amide bonds. The number of phenolic OH excluding ortho intramolecular Hbond substituents is 1. The van der Waals surface area contributed by atoms with Crippen molar-refractivity contribution in [3.05, 3.63) is 60.2 Å². The van der Waals surface area contributed by atoms with Crippen molar-refractivity contribution in [3.8, 4) is 5.75 Å². The Morgan fingerprint density at radius 2 is 1.96 bits per heavy atom. The Hall–Kier alpha value is -3.33. The number of hydrazone groups is 1. The number of thioether (sulfide) groups is 1. The maximum Gasteiger partial charge on any atom is 0.240 e. The maximum absolute atomic E-state index is 11.9. The van der Waals surface area contributed by atoms with Gasteiger partial charge < -0.3 is 10.4 Å². The summed E-state index contributed by atoms with van der Waals surface area (Å²) in [4.78, 5) is 16.1. The van der Waals surface area contributed by atoms with E-state index in [2.05, 4.69) is 31.0 Å². The van der Waals surface area contributed by atoms with Crippen molar-refractivity contribution in [2.75, 3.05) is 16.5 Å². The molecule has 0 fully saturated rings. The molecule has 1 heterocycles. The molecule has 0 atom stereocenters. The summed E-state index contributed by atoms with van der Waals surface area (Å²) in [5.41, 5.74) is 4.00. The number of rotatable bonds is 7. The van der Waals surface area contributed by atoms with Crippen LogP contribution in [0.5, 0.6) is 5.75 Å². The second kappa shape index (κ2) is 8.67. The lowest BCUT2D eigenvalue weighted by atomic mass is 10.2. The first-order chi connectivity index (χ1) is 12.7. The molecule has 4 N–H and O–H groups in total. The summed E-state index contributed by atoms with van der Waals surface area (Å²) in [5, 5.41) is 23.5. The number of H-pyrrole nitrogens is 1. The predicted molar refractivity (Wildman–Crippen MR) is 102 cm³/mol. The molecule has 0 unspecified atom stereocenters. The van der Waals surface area contributed by atoms with Crippen LogP contribution in [0, 0.1) is 0 Å². The van der Waals surface area contributed by atoms with E-state index in [9.17, 15) is 9.90 Å². The molecule has 0 radical (unpaired) electrons. The van der Waals surface area contributed by atoms with Crippen molar-refractivity contribution in [2.45, 2.75) is 5.16 Å².